The van der Waals surface area contributed by atoms with Gasteiger partial charge in [-0.1, -0.05) is 18.2 Å². The first-order valence-corrected chi connectivity index (χ1v) is 10.7. The Labute approximate surface area is 191 Å². The van der Waals surface area contributed by atoms with Crippen LogP contribution < -0.4 is 15.4 Å². The highest BCUT2D eigenvalue weighted by molar-refractivity contribution is 5.65. The van der Waals surface area contributed by atoms with Crippen LogP contribution in [0.2, 0.25) is 0 Å². The first kappa shape index (κ1) is 20.8. The number of ether oxygens (including phenoxy) is 1. The van der Waals surface area contributed by atoms with Crippen LogP contribution in [0.5, 0.6) is 5.75 Å². The molecule has 0 fully saturated rings. The zero-order valence-electron chi connectivity index (χ0n) is 18.2. The molecule has 0 unspecified atom stereocenters. The molecule has 0 saturated carbocycles. The van der Waals surface area contributed by atoms with E-state index in [9.17, 15) is 4.39 Å². The highest BCUT2D eigenvalue weighted by atomic mass is 19.1. The standard InChI is InChI=1S/C25H23FN6O/c1-16-22(10-17-2-5-21(26)6-3-17)24(31-15-30-16)32-8-9-33-23-7-4-18(11-19(23)14-32)20-12-28-25(27)29-13-20/h2-7,11-13,15H,8-10,14H2,1H3,(H2,27,28,29). The number of fused-ring (bicyclic) bond motifs is 1. The molecular formula is C25H23FN6O. The topological polar surface area (TPSA) is 90.0 Å². The Morgan fingerprint density at radius 2 is 1.79 bits per heavy atom. The van der Waals surface area contributed by atoms with Crippen LogP contribution in [0, 0.1) is 12.7 Å². The average molecular weight is 442 g/mol. The number of nitrogens with two attached hydrogens (primary N) is 1. The fraction of sp³-hybridized carbons (Fsp3) is 0.200. The fourth-order valence-corrected chi connectivity index (χ4v) is 4.02. The summed E-state index contributed by atoms with van der Waals surface area (Å²) in [6.45, 7) is 3.83. The van der Waals surface area contributed by atoms with E-state index in [1.54, 1.807) is 30.9 Å². The maximum absolute atomic E-state index is 13.4. The molecule has 0 bridgehead atoms. The van der Waals surface area contributed by atoms with Crippen LogP contribution in [-0.4, -0.2) is 33.1 Å². The summed E-state index contributed by atoms with van der Waals surface area (Å²) in [5, 5.41) is 0. The van der Waals surface area contributed by atoms with E-state index in [4.69, 9.17) is 10.5 Å². The summed E-state index contributed by atoms with van der Waals surface area (Å²) in [6, 6.07) is 12.6. The number of hydrogen-bond donors (Lipinski definition) is 1. The van der Waals surface area contributed by atoms with Crippen molar-refractivity contribution >= 4 is 11.8 Å². The lowest BCUT2D eigenvalue weighted by molar-refractivity contribution is 0.331. The predicted octanol–water partition coefficient (Wildman–Crippen LogP) is 3.95. The van der Waals surface area contributed by atoms with Gasteiger partial charge in [0.05, 0.1) is 6.54 Å². The molecule has 2 aromatic carbocycles. The molecule has 7 nitrogen and oxygen atoms in total. The van der Waals surface area contributed by atoms with E-state index in [0.29, 0.717) is 26.1 Å². The Kier molecular flexibility index (Phi) is 5.56. The number of hydrogen-bond acceptors (Lipinski definition) is 7. The number of anilines is 2. The van der Waals surface area contributed by atoms with E-state index >= 15 is 0 Å². The van der Waals surface area contributed by atoms with Gasteiger partial charge in [-0.05, 0) is 42.3 Å². The molecule has 2 N–H and O–H groups in total. The molecule has 0 aliphatic carbocycles. The van der Waals surface area contributed by atoms with Crippen LogP contribution in [0.15, 0.2) is 61.2 Å². The Bertz CT molecular complexity index is 1280. The van der Waals surface area contributed by atoms with Crippen molar-refractivity contribution in [3.8, 4) is 16.9 Å². The number of nitrogen functional groups attached to an aromatic ring is 1. The summed E-state index contributed by atoms with van der Waals surface area (Å²) in [5.41, 5.74) is 11.5. The molecule has 0 atom stereocenters. The Morgan fingerprint density at radius 1 is 1.00 bits per heavy atom. The van der Waals surface area contributed by atoms with Crippen molar-refractivity contribution in [1.29, 1.82) is 0 Å². The molecule has 0 radical (unpaired) electrons. The van der Waals surface area contributed by atoms with Gasteiger partial charge in [0.15, 0.2) is 0 Å². The van der Waals surface area contributed by atoms with Crippen LogP contribution in [0.3, 0.4) is 0 Å². The van der Waals surface area contributed by atoms with Crippen molar-refractivity contribution in [2.24, 2.45) is 0 Å². The lowest BCUT2D eigenvalue weighted by Gasteiger charge is -2.24. The first-order chi connectivity index (χ1) is 16.1. The molecule has 1 aliphatic rings. The van der Waals surface area contributed by atoms with E-state index in [1.165, 1.54) is 12.1 Å². The fourth-order valence-electron chi connectivity index (χ4n) is 4.02. The number of nitrogens with zero attached hydrogens (tertiary/aromatic N) is 5. The molecule has 0 saturated heterocycles. The van der Waals surface area contributed by atoms with Crippen LogP contribution in [-0.2, 0) is 13.0 Å². The lowest BCUT2D eigenvalue weighted by atomic mass is 10.0. The molecule has 2 aromatic heterocycles. The third-order valence-electron chi connectivity index (χ3n) is 5.78. The SMILES string of the molecule is Cc1ncnc(N2CCOc3ccc(-c4cnc(N)nc4)cc3C2)c1Cc1ccc(F)cc1. The van der Waals surface area contributed by atoms with Gasteiger partial charge in [-0.25, -0.2) is 24.3 Å². The van der Waals surface area contributed by atoms with Gasteiger partial charge in [0.25, 0.3) is 0 Å². The van der Waals surface area contributed by atoms with E-state index in [-0.39, 0.29) is 11.8 Å². The van der Waals surface area contributed by atoms with Gasteiger partial charge in [0, 0.05) is 47.7 Å². The van der Waals surface area contributed by atoms with Gasteiger partial charge in [0.1, 0.15) is 30.3 Å². The third kappa shape index (κ3) is 4.45. The monoisotopic (exact) mass is 442 g/mol. The van der Waals surface area contributed by atoms with Gasteiger partial charge in [-0.2, -0.15) is 0 Å². The Hall–Kier alpha value is -4.07. The molecule has 8 heteroatoms. The summed E-state index contributed by atoms with van der Waals surface area (Å²) < 4.78 is 19.4. The minimum absolute atomic E-state index is 0.246. The van der Waals surface area contributed by atoms with E-state index in [0.717, 1.165) is 45.1 Å². The molecule has 0 spiro atoms. The van der Waals surface area contributed by atoms with Gasteiger partial charge in [0.2, 0.25) is 5.95 Å². The van der Waals surface area contributed by atoms with E-state index in [2.05, 4.69) is 30.9 Å². The Morgan fingerprint density at radius 3 is 2.58 bits per heavy atom. The van der Waals surface area contributed by atoms with Gasteiger partial charge in [-0.15, -0.1) is 0 Å². The van der Waals surface area contributed by atoms with Crippen LogP contribution in [0.4, 0.5) is 16.2 Å². The summed E-state index contributed by atoms with van der Waals surface area (Å²) >= 11 is 0. The molecule has 5 rings (SSSR count). The van der Waals surface area contributed by atoms with E-state index < -0.39 is 0 Å². The van der Waals surface area contributed by atoms with Crippen LogP contribution >= 0.6 is 0 Å². The summed E-state index contributed by atoms with van der Waals surface area (Å²) in [4.78, 5) is 19.5. The Balaban J connectivity index is 1.48. The molecule has 4 aromatic rings. The van der Waals surface area contributed by atoms with Crippen molar-refractivity contribution in [2.75, 3.05) is 23.8 Å². The van der Waals surface area contributed by atoms with Crippen LogP contribution in [0.25, 0.3) is 11.1 Å². The molecule has 33 heavy (non-hydrogen) atoms. The quantitative estimate of drug-likeness (QED) is 0.512. The highest BCUT2D eigenvalue weighted by Gasteiger charge is 2.21. The molecule has 3 heterocycles. The normalized spacial score (nSPS) is 13.2. The molecule has 0 amide bonds. The van der Waals surface area contributed by atoms with Crippen molar-refractivity contribution in [3.05, 3.63) is 89.4 Å². The summed E-state index contributed by atoms with van der Waals surface area (Å²) in [6.07, 6.45) is 5.64. The maximum atomic E-state index is 13.4. The summed E-state index contributed by atoms with van der Waals surface area (Å²) in [7, 11) is 0. The second kappa shape index (κ2) is 8.82. The number of benzene rings is 2. The van der Waals surface area contributed by atoms with Crippen molar-refractivity contribution < 1.29 is 9.13 Å². The second-order valence-corrected chi connectivity index (χ2v) is 7.99. The second-order valence-electron chi connectivity index (χ2n) is 7.99. The van der Waals surface area contributed by atoms with Crippen LogP contribution in [0.1, 0.15) is 22.4 Å². The minimum atomic E-state index is -0.247. The zero-order chi connectivity index (χ0) is 22.8. The van der Waals surface area contributed by atoms with E-state index in [1.807, 2.05) is 19.1 Å². The molecule has 166 valence electrons. The summed E-state index contributed by atoms with van der Waals surface area (Å²) in [5.74, 6) is 1.72. The average Bonchev–Trinajstić information content (AvgIpc) is 3.04. The predicted molar refractivity (Wildman–Crippen MR) is 124 cm³/mol. The lowest BCUT2D eigenvalue weighted by Crippen LogP contribution is -2.28. The molecule has 1 aliphatic heterocycles. The van der Waals surface area contributed by atoms with Gasteiger partial charge >= 0.3 is 0 Å². The van der Waals surface area contributed by atoms with Gasteiger partial charge in [-0.3, -0.25) is 0 Å². The maximum Gasteiger partial charge on any atom is 0.219 e. The van der Waals surface area contributed by atoms with Crippen molar-refractivity contribution in [1.82, 2.24) is 19.9 Å². The largest absolute Gasteiger partial charge is 0.491 e. The number of rotatable bonds is 4. The smallest absolute Gasteiger partial charge is 0.219 e. The minimum Gasteiger partial charge on any atom is -0.491 e. The number of aryl methyl sites for hydroxylation is 1. The van der Waals surface area contributed by atoms with Crippen molar-refractivity contribution in [2.45, 2.75) is 19.9 Å². The molecular weight excluding hydrogens is 419 g/mol. The van der Waals surface area contributed by atoms with Gasteiger partial charge < -0.3 is 15.4 Å². The number of halogens is 1. The van der Waals surface area contributed by atoms with Crippen molar-refractivity contribution in [3.63, 3.8) is 0 Å². The first-order valence-electron chi connectivity index (χ1n) is 10.7. The zero-order valence-corrected chi connectivity index (χ0v) is 18.2. The number of aromatic nitrogens is 4. The highest BCUT2D eigenvalue weighted by Crippen LogP contribution is 2.32. The third-order valence-corrected chi connectivity index (χ3v) is 5.78.